The molecular formula is C15H16N4O6S2. The van der Waals surface area contributed by atoms with Gasteiger partial charge < -0.3 is 4.84 Å². The first kappa shape index (κ1) is 20.5. The maximum absolute atomic E-state index is 12.1. The molecule has 2 aromatic heterocycles. The maximum atomic E-state index is 12.1. The summed E-state index contributed by atoms with van der Waals surface area (Å²) in [6.07, 6.45) is 4.38. The van der Waals surface area contributed by atoms with E-state index in [9.17, 15) is 18.0 Å². The molecule has 3 heterocycles. The number of nitrogens with zero attached hydrogens (tertiary/aromatic N) is 4. The number of β-lactam (4-membered cyclic amide) rings is 1. The Kier molecular flexibility index (Phi) is 6.98. The summed E-state index contributed by atoms with van der Waals surface area (Å²) in [6, 6.07) is 7.98. The van der Waals surface area contributed by atoms with Crippen molar-refractivity contribution < 1.29 is 27.4 Å². The van der Waals surface area contributed by atoms with Crippen LogP contribution in [0.5, 0.6) is 0 Å². The van der Waals surface area contributed by atoms with E-state index in [1.165, 1.54) is 18.4 Å². The standard InChI is InChI=1S/C10H11N3O6S2.C5H5N/c1-19-11-5-8(14)13(9-3-2-4-20-9)7-6-12(10(7)15)21(16,17)18;1-2-4-6-5-3-1/h2-5,7H,6H2,1H3,(H,16,17,18);1-5H. The predicted octanol–water partition coefficient (Wildman–Crippen LogP) is 0.808. The van der Waals surface area contributed by atoms with Crippen LogP contribution >= 0.6 is 11.3 Å². The molecule has 0 radical (unpaired) electrons. The highest BCUT2D eigenvalue weighted by Gasteiger charge is 2.48. The molecule has 0 bridgehead atoms. The molecule has 10 nitrogen and oxygen atoms in total. The monoisotopic (exact) mass is 412 g/mol. The minimum atomic E-state index is -4.60. The average molecular weight is 412 g/mol. The van der Waals surface area contributed by atoms with Gasteiger partial charge in [0.2, 0.25) is 0 Å². The number of carbonyl (C=O) groups excluding carboxylic acids is 2. The van der Waals surface area contributed by atoms with Gasteiger partial charge in [-0.3, -0.25) is 24.0 Å². The molecular weight excluding hydrogens is 396 g/mol. The Bertz CT molecular complexity index is 860. The number of rotatable bonds is 5. The number of amides is 2. The first-order valence-corrected chi connectivity index (χ1v) is 9.71. The third kappa shape index (κ3) is 5.32. The first-order valence-electron chi connectivity index (χ1n) is 7.43. The lowest BCUT2D eigenvalue weighted by atomic mass is 10.1. The van der Waals surface area contributed by atoms with Crippen LogP contribution in [-0.4, -0.2) is 60.0 Å². The van der Waals surface area contributed by atoms with Gasteiger partial charge in [-0.25, -0.2) is 4.31 Å². The quantitative estimate of drug-likeness (QED) is 0.333. The molecule has 1 saturated heterocycles. The first-order chi connectivity index (χ1) is 12.9. The minimum Gasteiger partial charge on any atom is -0.399 e. The SMILES string of the molecule is CON=CC(=O)N(c1cccs1)C1CN(S(=O)(=O)O)C1=O.c1ccncc1. The Hall–Kier alpha value is -2.83. The molecule has 27 heavy (non-hydrogen) atoms. The molecule has 0 aliphatic carbocycles. The normalized spacial score (nSPS) is 16.3. The molecule has 1 aliphatic rings. The van der Waals surface area contributed by atoms with Crippen molar-refractivity contribution in [3.63, 3.8) is 0 Å². The maximum Gasteiger partial charge on any atom is 0.362 e. The predicted molar refractivity (Wildman–Crippen MR) is 98.6 cm³/mol. The van der Waals surface area contributed by atoms with Crippen LogP contribution in [0.4, 0.5) is 5.00 Å². The van der Waals surface area contributed by atoms with Crippen molar-refractivity contribution in [3.05, 3.63) is 48.1 Å². The van der Waals surface area contributed by atoms with Crippen LogP contribution in [0.25, 0.3) is 0 Å². The van der Waals surface area contributed by atoms with Gasteiger partial charge in [0, 0.05) is 12.4 Å². The van der Waals surface area contributed by atoms with Crippen molar-refractivity contribution in [2.45, 2.75) is 6.04 Å². The molecule has 0 aromatic carbocycles. The summed E-state index contributed by atoms with van der Waals surface area (Å²) in [7, 11) is -3.34. The van der Waals surface area contributed by atoms with Gasteiger partial charge in [-0.2, -0.15) is 8.42 Å². The second kappa shape index (κ2) is 9.21. The number of pyridine rings is 1. The summed E-state index contributed by atoms with van der Waals surface area (Å²) in [5.41, 5.74) is 0. The fourth-order valence-electron chi connectivity index (χ4n) is 2.07. The van der Waals surface area contributed by atoms with Crippen LogP contribution in [0.15, 0.2) is 53.3 Å². The topological polar surface area (TPSA) is 129 Å². The fourth-order valence-corrected chi connectivity index (χ4v) is 3.54. The van der Waals surface area contributed by atoms with Crippen molar-refractivity contribution in [2.24, 2.45) is 5.16 Å². The summed E-state index contributed by atoms with van der Waals surface area (Å²) < 4.78 is 31.0. The Balaban J connectivity index is 0.000000369. The van der Waals surface area contributed by atoms with Gasteiger partial charge >= 0.3 is 10.3 Å². The molecule has 3 rings (SSSR count). The van der Waals surface area contributed by atoms with E-state index in [-0.39, 0.29) is 6.54 Å². The van der Waals surface area contributed by atoms with Crippen molar-refractivity contribution >= 4 is 44.7 Å². The van der Waals surface area contributed by atoms with Crippen molar-refractivity contribution in [2.75, 3.05) is 18.6 Å². The third-order valence-corrected chi connectivity index (χ3v) is 5.03. The molecule has 1 fully saturated rings. The number of hydrogen-bond acceptors (Lipinski definition) is 8. The lowest BCUT2D eigenvalue weighted by Gasteiger charge is -2.40. The van der Waals surface area contributed by atoms with Crippen LogP contribution in [0.1, 0.15) is 0 Å². The molecule has 144 valence electrons. The number of anilines is 1. The van der Waals surface area contributed by atoms with E-state index >= 15 is 0 Å². The average Bonchev–Trinajstić information content (AvgIpc) is 3.17. The fraction of sp³-hybridized carbons (Fsp3) is 0.200. The van der Waals surface area contributed by atoms with Crippen molar-refractivity contribution in [1.82, 2.24) is 9.29 Å². The summed E-state index contributed by atoms with van der Waals surface area (Å²) >= 11 is 1.20. The second-order valence-corrected chi connectivity index (χ2v) is 7.23. The highest BCUT2D eigenvalue weighted by atomic mass is 32.2. The molecule has 1 aliphatic heterocycles. The van der Waals surface area contributed by atoms with Gasteiger partial charge in [-0.05, 0) is 29.6 Å². The smallest absolute Gasteiger partial charge is 0.362 e. The Morgan fingerprint density at radius 1 is 1.41 bits per heavy atom. The van der Waals surface area contributed by atoms with Gasteiger partial charge in [0.05, 0.1) is 11.5 Å². The van der Waals surface area contributed by atoms with E-state index in [1.54, 1.807) is 29.9 Å². The zero-order valence-electron chi connectivity index (χ0n) is 14.1. The molecule has 2 amide bonds. The van der Waals surface area contributed by atoms with Gasteiger partial charge in [0.25, 0.3) is 11.8 Å². The molecule has 0 saturated carbocycles. The van der Waals surface area contributed by atoms with E-state index in [0.29, 0.717) is 9.31 Å². The van der Waals surface area contributed by atoms with E-state index in [1.807, 2.05) is 18.2 Å². The number of carbonyl (C=O) groups is 2. The van der Waals surface area contributed by atoms with E-state index in [0.717, 1.165) is 11.1 Å². The lowest BCUT2D eigenvalue weighted by molar-refractivity contribution is -0.137. The van der Waals surface area contributed by atoms with Crippen LogP contribution in [0.3, 0.4) is 0 Å². The minimum absolute atomic E-state index is 0.291. The van der Waals surface area contributed by atoms with Gasteiger partial charge in [0.15, 0.2) is 0 Å². The zero-order valence-corrected chi connectivity index (χ0v) is 15.7. The molecule has 1 atom stereocenters. The van der Waals surface area contributed by atoms with E-state index in [2.05, 4.69) is 15.0 Å². The molecule has 1 unspecified atom stereocenters. The van der Waals surface area contributed by atoms with Crippen LogP contribution in [0, 0.1) is 0 Å². The van der Waals surface area contributed by atoms with Crippen LogP contribution in [-0.2, 0) is 24.7 Å². The second-order valence-electron chi connectivity index (χ2n) is 4.96. The van der Waals surface area contributed by atoms with Gasteiger partial charge in [0.1, 0.15) is 19.4 Å². The lowest BCUT2D eigenvalue weighted by Crippen LogP contribution is -2.66. The highest BCUT2D eigenvalue weighted by molar-refractivity contribution is 7.84. The summed E-state index contributed by atoms with van der Waals surface area (Å²) in [5, 5.41) is 5.49. The summed E-state index contributed by atoms with van der Waals surface area (Å²) in [5.74, 6) is -1.52. The Labute approximate surface area is 159 Å². The van der Waals surface area contributed by atoms with Crippen LogP contribution < -0.4 is 4.90 Å². The van der Waals surface area contributed by atoms with Crippen molar-refractivity contribution in [1.29, 1.82) is 0 Å². The van der Waals surface area contributed by atoms with E-state index in [4.69, 9.17) is 4.55 Å². The largest absolute Gasteiger partial charge is 0.399 e. The Morgan fingerprint density at radius 2 is 2.11 bits per heavy atom. The van der Waals surface area contributed by atoms with Crippen LogP contribution in [0.2, 0.25) is 0 Å². The number of aromatic nitrogens is 1. The third-order valence-electron chi connectivity index (χ3n) is 3.28. The van der Waals surface area contributed by atoms with Gasteiger partial charge in [-0.1, -0.05) is 11.2 Å². The number of thiophene rings is 1. The summed E-state index contributed by atoms with van der Waals surface area (Å²) in [6.45, 7) is -0.317. The zero-order chi connectivity index (χ0) is 19.9. The van der Waals surface area contributed by atoms with E-state index < -0.39 is 28.2 Å². The molecule has 1 N–H and O–H groups in total. The number of oxime groups is 1. The number of hydrogen-bond donors (Lipinski definition) is 1. The Morgan fingerprint density at radius 3 is 2.52 bits per heavy atom. The van der Waals surface area contributed by atoms with Crippen molar-refractivity contribution in [3.8, 4) is 0 Å². The van der Waals surface area contributed by atoms with Gasteiger partial charge in [-0.15, -0.1) is 11.3 Å². The molecule has 12 heteroatoms. The highest BCUT2D eigenvalue weighted by Crippen LogP contribution is 2.29. The summed E-state index contributed by atoms with van der Waals surface area (Å²) in [4.78, 5) is 33.2. The molecule has 0 spiro atoms. The molecule has 2 aromatic rings.